The van der Waals surface area contributed by atoms with Crippen LogP contribution in [0.2, 0.25) is 5.02 Å². The fraction of sp³-hybridized carbons (Fsp3) is 0.500. The molecule has 0 spiro atoms. The van der Waals surface area contributed by atoms with Crippen LogP contribution in [0.1, 0.15) is 24.8 Å². The molecule has 1 aromatic carbocycles. The van der Waals surface area contributed by atoms with E-state index in [-0.39, 0.29) is 10.8 Å². The Kier molecular flexibility index (Phi) is 3.66. The van der Waals surface area contributed by atoms with Gasteiger partial charge in [0.05, 0.1) is 0 Å². The van der Waals surface area contributed by atoms with Gasteiger partial charge in [0.25, 0.3) is 0 Å². The Bertz CT molecular complexity index is 378. The number of nitrogens with one attached hydrogen (secondary N) is 1. The number of piperidine rings is 1. The number of aromatic hydroxyl groups is 1. The topological polar surface area (TPSA) is 32.3 Å². The molecule has 0 saturated carbocycles. The maximum absolute atomic E-state index is 13.7. The van der Waals surface area contributed by atoms with Crippen molar-refractivity contribution in [2.45, 2.75) is 31.7 Å². The monoisotopic (exact) mass is 243 g/mol. The van der Waals surface area contributed by atoms with Gasteiger partial charge in [0, 0.05) is 6.04 Å². The molecule has 0 amide bonds. The zero-order valence-corrected chi connectivity index (χ0v) is 9.73. The van der Waals surface area contributed by atoms with Crippen LogP contribution in [0.4, 0.5) is 4.39 Å². The van der Waals surface area contributed by atoms with Crippen LogP contribution in [0, 0.1) is 5.82 Å². The highest BCUT2D eigenvalue weighted by molar-refractivity contribution is 6.32. The predicted octanol–water partition coefficient (Wildman–Crippen LogP) is 2.87. The highest BCUT2D eigenvalue weighted by Crippen LogP contribution is 2.29. The summed E-state index contributed by atoms with van der Waals surface area (Å²) in [6.07, 6.45) is 4.07. The lowest BCUT2D eigenvalue weighted by Gasteiger charge is -2.23. The summed E-state index contributed by atoms with van der Waals surface area (Å²) >= 11 is 5.66. The van der Waals surface area contributed by atoms with Crippen molar-refractivity contribution in [3.8, 4) is 5.75 Å². The van der Waals surface area contributed by atoms with Gasteiger partial charge in [-0.15, -0.1) is 0 Å². The van der Waals surface area contributed by atoms with Crippen molar-refractivity contribution in [3.63, 3.8) is 0 Å². The number of halogens is 2. The summed E-state index contributed by atoms with van der Waals surface area (Å²) in [5.74, 6) is -0.687. The first-order chi connectivity index (χ1) is 7.68. The molecule has 2 N–H and O–H groups in total. The fourth-order valence-corrected chi connectivity index (χ4v) is 2.28. The van der Waals surface area contributed by atoms with Crippen molar-refractivity contribution in [2.24, 2.45) is 0 Å². The number of benzene rings is 1. The molecule has 1 fully saturated rings. The molecule has 88 valence electrons. The van der Waals surface area contributed by atoms with E-state index in [1.54, 1.807) is 6.07 Å². The van der Waals surface area contributed by atoms with Gasteiger partial charge in [0.15, 0.2) is 0 Å². The quantitative estimate of drug-likeness (QED) is 0.837. The van der Waals surface area contributed by atoms with E-state index in [9.17, 15) is 9.50 Å². The van der Waals surface area contributed by atoms with E-state index in [1.807, 2.05) is 0 Å². The molecule has 1 aliphatic heterocycles. The second-order valence-corrected chi connectivity index (χ2v) is 4.60. The van der Waals surface area contributed by atoms with Crippen molar-refractivity contribution < 1.29 is 9.50 Å². The first-order valence-corrected chi connectivity index (χ1v) is 5.95. The van der Waals surface area contributed by atoms with Gasteiger partial charge >= 0.3 is 0 Å². The molecular formula is C12H15ClFNO. The van der Waals surface area contributed by atoms with Gasteiger partial charge in [0.1, 0.15) is 16.6 Å². The van der Waals surface area contributed by atoms with E-state index < -0.39 is 5.82 Å². The fourth-order valence-electron chi connectivity index (χ4n) is 2.10. The zero-order chi connectivity index (χ0) is 11.5. The third-order valence-corrected chi connectivity index (χ3v) is 3.38. The molecule has 0 bridgehead atoms. The van der Waals surface area contributed by atoms with Gasteiger partial charge in [-0.05, 0) is 37.4 Å². The minimum atomic E-state index is -0.492. The van der Waals surface area contributed by atoms with Crippen LogP contribution in [-0.2, 0) is 6.42 Å². The maximum atomic E-state index is 13.7. The van der Waals surface area contributed by atoms with Crippen molar-refractivity contribution in [1.29, 1.82) is 0 Å². The number of phenolic OH excluding ortho intramolecular Hbond substituents is 1. The van der Waals surface area contributed by atoms with Crippen molar-refractivity contribution in [2.75, 3.05) is 6.54 Å². The molecule has 1 aliphatic rings. The Morgan fingerprint density at radius 2 is 2.25 bits per heavy atom. The lowest BCUT2D eigenvalue weighted by Crippen LogP contribution is -2.35. The highest BCUT2D eigenvalue weighted by Gasteiger charge is 2.17. The number of hydrogen-bond donors (Lipinski definition) is 2. The molecular weight excluding hydrogens is 229 g/mol. The standard InChI is InChI=1S/C12H15ClFNO/c13-11-10(16)5-4-8(12(11)14)7-9-3-1-2-6-15-9/h4-5,9,15-16H,1-3,6-7H2. The third-order valence-electron chi connectivity index (χ3n) is 3.02. The van der Waals surface area contributed by atoms with E-state index in [4.69, 9.17) is 11.6 Å². The van der Waals surface area contributed by atoms with E-state index in [0.717, 1.165) is 13.0 Å². The SMILES string of the molecule is Oc1ccc(CC2CCCCN2)c(F)c1Cl. The summed E-state index contributed by atoms with van der Waals surface area (Å²) < 4.78 is 13.7. The summed E-state index contributed by atoms with van der Waals surface area (Å²) in [6, 6.07) is 3.38. The smallest absolute Gasteiger partial charge is 0.148 e. The third kappa shape index (κ3) is 2.47. The Hall–Kier alpha value is -0.800. The van der Waals surface area contributed by atoms with Gasteiger partial charge in [-0.2, -0.15) is 0 Å². The Balaban J connectivity index is 2.11. The van der Waals surface area contributed by atoms with Crippen LogP contribution in [0.25, 0.3) is 0 Å². The zero-order valence-electron chi connectivity index (χ0n) is 8.97. The van der Waals surface area contributed by atoms with E-state index in [0.29, 0.717) is 18.0 Å². The van der Waals surface area contributed by atoms with Crippen LogP contribution in [0.15, 0.2) is 12.1 Å². The maximum Gasteiger partial charge on any atom is 0.148 e. The average molecular weight is 244 g/mol. The summed E-state index contributed by atoms with van der Waals surface area (Å²) in [6.45, 7) is 0.998. The van der Waals surface area contributed by atoms with Crippen LogP contribution < -0.4 is 5.32 Å². The molecule has 1 unspecified atom stereocenters. The second-order valence-electron chi connectivity index (χ2n) is 4.22. The van der Waals surface area contributed by atoms with Gasteiger partial charge in [0.2, 0.25) is 0 Å². The summed E-state index contributed by atoms with van der Waals surface area (Å²) in [4.78, 5) is 0. The number of rotatable bonds is 2. The van der Waals surface area contributed by atoms with Crippen molar-refractivity contribution in [1.82, 2.24) is 5.32 Å². The molecule has 1 atom stereocenters. The van der Waals surface area contributed by atoms with E-state index in [2.05, 4.69) is 5.32 Å². The van der Waals surface area contributed by atoms with Gasteiger partial charge in [-0.25, -0.2) is 4.39 Å². The predicted molar refractivity (Wildman–Crippen MR) is 62.4 cm³/mol. The lowest BCUT2D eigenvalue weighted by molar-refractivity contribution is 0.394. The Morgan fingerprint density at radius 3 is 2.94 bits per heavy atom. The minimum Gasteiger partial charge on any atom is -0.506 e. The molecule has 16 heavy (non-hydrogen) atoms. The molecule has 2 rings (SSSR count). The molecule has 4 heteroatoms. The Morgan fingerprint density at radius 1 is 1.44 bits per heavy atom. The van der Waals surface area contributed by atoms with Crippen LogP contribution in [0.5, 0.6) is 5.75 Å². The molecule has 0 aliphatic carbocycles. The summed E-state index contributed by atoms with van der Waals surface area (Å²) in [5, 5.41) is 12.4. The van der Waals surface area contributed by atoms with Crippen LogP contribution in [-0.4, -0.2) is 17.7 Å². The molecule has 0 aromatic heterocycles. The van der Waals surface area contributed by atoms with Gasteiger partial charge in [-0.1, -0.05) is 24.1 Å². The van der Waals surface area contributed by atoms with Crippen molar-refractivity contribution in [3.05, 3.63) is 28.5 Å². The minimum absolute atomic E-state index is 0.173. The first kappa shape index (κ1) is 11.7. The van der Waals surface area contributed by atoms with E-state index in [1.165, 1.54) is 18.9 Å². The van der Waals surface area contributed by atoms with Crippen LogP contribution >= 0.6 is 11.6 Å². The van der Waals surface area contributed by atoms with Crippen molar-refractivity contribution >= 4 is 11.6 Å². The lowest BCUT2D eigenvalue weighted by atomic mass is 9.97. The number of hydrogen-bond acceptors (Lipinski definition) is 2. The average Bonchev–Trinajstić information content (AvgIpc) is 2.31. The van der Waals surface area contributed by atoms with E-state index >= 15 is 0 Å². The molecule has 1 heterocycles. The molecule has 0 radical (unpaired) electrons. The first-order valence-electron chi connectivity index (χ1n) is 5.57. The largest absolute Gasteiger partial charge is 0.506 e. The number of phenols is 1. The highest BCUT2D eigenvalue weighted by atomic mass is 35.5. The summed E-state index contributed by atoms with van der Waals surface area (Å²) in [7, 11) is 0. The molecule has 1 aromatic rings. The van der Waals surface area contributed by atoms with Gasteiger partial charge in [-0.3, -0.25) is 0 Å². The van der Waals surface area contributed by atoms with Crippen LogP contribution in [0.3, 0.4) is 0 Å². The Labute approximate surface area is 99.4 Å². The second kappa shape index (κ2) is 5.02. The molecule has 2 nitrogen and oxygen atoms in total. The van der Waals surface area contributed by atoms with Gasteiger partial charge < -0.3 is 10.4 Å². The molecule has 1 saturated heterocycles. The summed E-state index contributed by atoms with van der Waals surface area (Å²) in [5.41, 5.74) is 0.571. The normalized spacial score (nSPS) is 21.0.